The van der Waals surface area contributed by atoms with E-state index < -0.39 is 11.6 Å². The van der Waals surface area contributed by atoms with Gasteiger partial charge in [-0.05, 0) is 43.9 Å². The van der Waals surface area contributed by atoms with Crippen LogP contribution in [0.4, 0.5) is 4.39 Å². The number of hydrogen-bond donors (Lipinski definition) is 0. The second-order valence-corrected chi connectivity index (χ2v) is 8.29. The van der Waals surface area contributed by atoms with E-state index in [1.807, 2.05) is 13.8 Å². The van der Waals surface area contributed by atoms with Crippen molar-refractivity contribution < 1.29 is 4.39 Å². The molecule has 0 spiro atoms. The molecule has 1 aliphatic rings. The number of aryl methyl sites for hydroxylation is 3. The van der Waals surface area contributed by atoms with E-state index in [-0.39, 0.29) is 0 Å². The van der Waals surface area contributed by atoms with E-state index in [1.54, 1.807) is 6.92 Å². The second-order valence-electron chi connectivity index (χ2n) is 8.29. The van der Waals surface area contributed by atoms with Crippen molar-refractivity contribution in [1.29, 1.82) is 0 Å². The lowest BCUT2D eigenvalue weighted by Crippen LogP contribution is -2.29. The summed E-state index contributed by atoms with van der Waals surface area (Å²) in [6.45, 7) is 8.68. The van der Waals surface area contributed by atoms with Crippen molar-refractivity contribution in [2.75, 3.05) is 0 Å². The first-order valence-corrected chi connectivity index (χ1v) is 9.79. The van der Waals surface area contributed by atoms with Gasteiger partial charge in [0.05, 0.1) is 5.69 Å². The molecule has 0 fully saturated rings. The molecule has 0 N–H and O–H groups in total. The quantitative estimate of drug-likeness (QED) is 0.550. The first-order chi connectivity index (χ1) is 12.9. The molecular weight excluding hydrogens is 335 g/mol. The molecule has 4 rings (SSSR count). The first kappa shape index (κ1) is 18.0. The summed E-state index contributed by atoms with van der Waals surface area (Å²) in [7, 11) is 0. The maximum atomic E-state index is 14.5. The Morgan fingerprint density at radius 1 is 1.15 bits per heavy atom. The zero-order valence-electron chi connectivity index (χ0n) is 16.6. The molecule has 140 valence electrons. The smallest absolute Gasteiger partial charge is 0.141 e. The fraction of sp³-hybridized carbons (Fsp3) is 0.375. The molecule has 0 unspecified atom stereocenters. The van der Waals surface area contributed by atoms with Crippen molar-refractivity contribution >= 4 is 0 Å². The van der Waals surface area contributed by atoms with E-state index in [2.05, 4.69) is 60.2 Å². The van der Waals surface area contributed by atoms with E-state index in [0.717, 1.165) is 47.6 Å². The number of fused-ring (bicyclic) bond motifs is 3. The Bertz CT molecular complexity index is 982. The zero-order chi connectivity index (χ0) is 19.2. The minimum Gasteiger partial charge on any atom is -0.330 e. The Hall–Kier alpha value is -2.42. The average Bonchev–Trinajstić information content (AvgIpc) is 2.97. The highest BCUT2D eigenvalue weighted by Gasteiger charge is 2.33. The van der Waals surface area contributed by atoms with E-state index in [1.165, 1.54) is 11.1 Å². The fourth-order valence-corrected chi connectivity index (χ4v) is 3.99. The third kappa shape index (κ3) is 3.09. The lowest BCUT2D eigenvalue weighted by atomic mass is 9.77. The van der Waals surface area contributed by atoms with Gasteiger partial charge in [-0.15, -0.1) is 0 Å². The third-order valence-electron chi connectivity index (χ3n) is 6.00. The highest BCUT2D eigenvalue weighted by Crippen LogP contribution is 2.40. The Balaban J connectivity index is 1.93. The molecule has 2 aromatic carbocycles. The second kappa shape index (κ2) is 6.63. The Kier molecular flexibility index (Phi) is 4.41. The number of nitrogens with zero attached hydrogens (tertiary/aromatic N) is 2. The van der Waals surface area contributed by atoms with E-state index in [4.69, 9.17) is 4.98 Å². The monoisotopic (exact) mass is 362 g/mol. The lowest BCUT2D eigenvalue weighted by Gasteiger charge is -2.30. The number of halogens is 1. The molecule has 1 atom stereocenters. The highest BCUT2D eigenvalue weighted by molar-refractivity contribution is 5.72. The Labute approximate surface area is 161 Å². The van der Waals surface area contributed by atoms with Gasteiger partial charge in [0.15, 0.2) is 0 Å². The van der Waals surface area contributed by atoms with Crippen LogP contribution in [0.2, 0.25) is 0 Å². The summed E-state index contributed by atoms with van der Waals surface area (Å²) in [6, 6.07) is 14.8. The van der Waals surface area contributed by atoms with Crippen molar-refractivity contribution in [2.45, 2.75) is 58.7 Å². The van der Waals surface area contributed by atoms with Crippen LogP contribution in [0.3, 0.4) is 0 Å². The Morgan fingerprint density at radius 3 is 2.67 bits per heavy atom. The summed E-state index contributed by atoms with van der Waals surface area (Å²) < 4.78 is 16.8. The molecule has 0 saturated heterocycles. The van der Waals surface area contributed by atoms with Crippen LogP contribution in [0, 0.1) is 6.92 Å². The minimum atomic E-state index is -0.938. The van der Waals surface area contributed by atoms with Gasteiger partial charge in [0.25, 0.3) is 0 Å². The molecule has 1 aliphatic heterocycles. The molecule has 27 heavy (non-hydrogen) atoms. The van der Waals surface area contributed by atoms with Gasteiger partial charge in [-0.25, -0.2) is 9.37 Å². The van der Waals surface area contributed by atoms with Gasteiger partial charge in [0.2, 0.25) is 0 Å². The summed E-state index contributed by atoms with van der Waals surface area (Å²) in [5.41, 5.74) is 6.25. The summed E-state index contributed by atoms with van der Waals surface area (Å²) in [6.07, 6.45) is 3.29. The minimum absolute atomic E-state index is 0.560. The number of benzene rings is 2. The van der Waals surface area contributed by atoms with Gasteiger partial charge in [0, 0.05) is 29.3 Å². The number of rotatable bonds is 3. The molecule has 0 bridgehead atoms. The SMILES string of the molecule is Cc1cccc(-c2cn3c(n2)-c2c(cccc2C(C)(C)[C@@H](C)F)CCC3)c1. The standard InChI is InChI=1S/C24H27FN2/c1-16-8-5-10-19(14-16)21-15-27-13-7-11-18-9-6-12-20(22(18)23(27)26-21)24(3,4)17(2)25/h5-6,8-10,12,14-15,17H,7,11,13H2,1-4H3/t17-/m1/s1. The van der Waals surface area contributed by atoms with E-state index in [0.29, 0.717) is 0 Å². The summed E-state index contributed by atoms with van der Waals surface area (Å²) in [4.78, 5) is 5.04. The zero-order valence-corrected chi connectivity index (χ0v) is 16.6. The van der Waals surface area contributed by atoms with Crippen molar-refractivity contribution in [3.05, 3.63) is 65.4 Å². The van der Waals surface area contributed by atoms with Crippen molar-refractivity contribution in [2.24, 2.45) is 0 Å². The summed E-state index contributed by atoms with van der Waals surface area (Å²) in [5.74, 6) is 0.975. The van der Waals surface area contributed by atoms with Crippen LogP contribution in [0.15, 0.2) is 48.7 Å². The molecule has 0 aliphatic carbocycles. The molecule has 0 radical (unpaired) electrons. The van der Waals surface area contributed by atoms with Crippen LogP contribution in [0.25, 0.3) is 22.6 Å². The molecule has 1 aromatic heterocycles. The van der Waals surface area contributed by atoms with Crippen molar-refractivity contribution in [3.8, 4) is 22.6 Å². The van der Waals surface area contributed by atoms with Gasteiger partial charge in [0.1, 0.15) is 12.0 Å². The van der Waals surface area contributed by atoms with Crippen molar-refractivity contribution in [1.82, 2.24) is 9.55 Å². The predicted octanol–water partition coefficient (Wildman–Crippen LogP) is 6.11. The number of alkyl halides is 1. The molecule has 0 amide bonds. The van der Waals surface area contributed by atoms with E-state index in [9.17, 15) is 4.39 Å². The number of imidazole rings is 1. The van der Waals surface area contributed by atoms with Crippen LogP contribution in [0.1, 0.15) is 43.9 Å². The number of hydrogen-bond acceptors (Lipinski definition) is 1. The van der Waals surface area contributed by atoms with Crippen LogP contribution in [-0.2, 0) is 18.4 Å². The van der Waals surface area contributed by atoms with Gasteiger partial charge in [-0.3, -0.25) is 0 Å². The number of aromatic nitrogens is 2. The lowest BCUT2D eigenvalue weighted by molar-refractivity contribution is 0.237. The summed E-state index contributed by atoms with van der Waals surface area (Å²) >= 11 is 0. The molecular formula is C24H27FN2. The highest BCUT2D eigenvalue weighted by atomic mass is 19.1. The Morgan fingerprint density at radius 2 is 1.93 bits per heavy atom. The maximum Gasteiger partial charge on any atom is 0.141 e. The first-order valence-electron chi connectivity index (χ1n) is 9.79. The summed E-state index contributed by atoms with van der Waals surface area (Å²) in [5, 5.41) is 0. The van der Waals surface area contributed by atoms with Gasteiger partial charge in [-0.2, -0.15) is 0 Å². The molecule has 2 heterocycles. The average molecular weight is 362 g/mol. The third-order valence-corrected chi connectivity index (χ3v) is 6.00. The van der Waals surface area contributed by atoms with Gasteiger partial charge in [-0.1, -0.05) is 55.8 Å². The van der Waals surface area contributed by atoms with Crippen LogP contribution < -0.4 is 0 Å². The van der Waals surface area contributed by atoms with Gasteiger partial charge >= 0.3 is 0 Å². The maximum absolute atomic E-state index is 14.5. The van der Waals surface area contributed by atoms with E-state index >= 15 is 0 Å². The normalized spacial score (nSPS) is 15.0. The molecule has 0 saturated carbocycles. The van der Waals surface area contributed by atoms with Crippen LogP contribution in [-0.4, -0.2) is 15.7 Å². The molecule has 3 heteroatoms. The molecule has 2 nitrogen and oxygen atoms in total. The van der Waals surface area contributed by atoms with Gasteiger partial charge < -0.3 is 4.57 Å². The van der Waals surface area contributed by atoms with Crippen molar-refractivity contribution in [3.63, 3.8) is 0 Å². The predicted molar refractivity (Wildman–Crippen MR) is 110 cm³/mol. The van der Waals surface area contributed by atoms with Crippen LogP contribution in [0.5, 0.6) is 0 Å². The fourth-order valence-electron chi connectivity index (χ4n) is 3.99. The van der Waals surface area contributed by atoms with Crippen LogP contribution >= 0.6 is 0 Å². The topological polar surface area (TPSA) is 17.8 Å². The molecule has 3 aromatic rings. The largest absolute Gasteiger partial charge is 0.330 e.